The van der Waals surface area contributed by atoms with Crippen molar-refractivity contribution in [1.82, 2.24) is 10.2 Å². The van der Waals surface area contributed by atoms with E-state index in [0.29, 0.717) is 11.7 Å². The lowest BCUT2D eigenvalue weighted by atomic mass is 10.3. The van der Waals surface area contributed by atoms with Crippen LogP contribution in [0.25, 0.3) is 0 Å². The predicted molar refractivity (Wildman–Crippen MR) is 92.1 cm³/mol. The van der Waals surface area contributed by atoms with Crippen LogP contribution in [-0.4, -0.2) is 42.8 Å². The number of anilines is 1. The third kappa shape index (κ3) is 5.89. The number of benzene rings is 1. The SMILES string of the molecule is CCOc1ccc(NC(=S)NCCCN2CCCC2)cc1. The molecule has 1 fully saturated rings. The number of thiocarbonyl (C=S) groups is 1. The van der Waals surface area contributed by atoms with Crippen molar-refractivity contribution in [2.75, 3.05) is 38.1 Å². The largest absolute Gasteiger partial charge is 0.494 e. The van der Waals surface area contributed by atoms with Gasteiger partial charge in [-0.25, -0.2) is 0 Å². The standard InChI is InChI=1S/C16H25N3OS/c1-2-20-15-8-6-14(7-9-15)18-16(21)17-10-5-13-19-11-3-4-12-19/h6-9H,2-5,10-13H2,1H3,(H2,17,18,21). The minimum atomic E-state index is 0.681. The summed E-state index contributed by atoms with van der Waals surface area (Å²) in [6, 6.07) is 7.84. The summed E-state index contributed by atoms with van der Waals surface area (Å²) in [7, 11) is 0. The Hall–Kier alpha value is -1.33. The molecule has 0 aromatic heterocycles. The van der Waals surface area contributed by atoms with E-state index in [1.807, 2.05) is 31.2 Å². The van der Waals surface area contributed by atoms with Crippen molar-refractivity contribution in [1.29, 1.82) is 0 Å². The number of ether oxygens (including phenoxy) is 1. The van der Waals surface area contributed by atoms with Crippen LogP contribution in [0.3, 0.4) is 0 Å². The molecular weight excluding hydrogens is 282 g/mol. The third-order valence-corrected chi connectivity index (χ3v) is 3.80. The van der Waals surface area contributed by atoms with E-state index in [0.717, 1.165) is 24.4 Å². The molecule has 0 bridgehead atoms. The van der Waals surface area contributed by atoms with Crippen LogP contribution in [0.5, 0.6) is 5.75 Å². The monoisotopic (exact) mass is 307 g/mol. The Morgan fingerprint density at radius 1 is 1.24 bits per heavy atom. The summed E-state index contributed by atoms with van der Waals surface area (Å²) in [5.41, 5.74) is 0.982. The predicted octanol–water partition coefficient (Wildman–Crippen LogP) is 2.86. The lowest BCUT2D eigenvalue weighted by Crippen LogP contribution is -2.31. The van der Waals surface area contributed by atoms with E-state index in [4.69, 9.17) is 17.0 Å². The molecule has 1 aromatic carbocycles. The highest BCUT2D eigenvalue weighted by Gasteiger charge is 2.10. The maximum Gasteiger partial charge on any atom is 0.170 e. The number of hydrogen-bond donors (Lipinski definition) is 2. The van der Waals surface area contributed by atoms with Crippen molar-refractivity contribution in [2.24, 2.45) is 0 Å². The number of hydrogen-bond acceptors (Lipinski definition) is 3. The highest BCUT2D eigenvalue weighted by Crippen LogP contribution is 2.15. The average Bonchev–Trinajstić information content (AvgIpc) is 2.99. The van der Waals surface area contributed by atoms with Gasteiger partial charge >= 0.3 is 0 Å². The topological polar surface area (TPSA) is 36.5 Å². The summed E-state index contributed by atoms with van der Waals surface area (Å²) in [6.07, 6.45) is 3.83. The minimum Gasteiger partial charge on any atom is -0.494 e. The quantitative estimate of drug-likeness (QED) is 0.598. The van der Waals surface area contributed by atoms with Gasteiger partial charge in [0.15, 0.2) is 5.11 Å². The van der Waals surface area contributed by atoms with Crippen LogP contribution in [-0.2, 0) is 0 Å². The van der Waals surface area contributed by atoms with Crippen LogP contribution >= 0.6 is 12.2 Å². The Morgan fingerprint density at radius 2 is 1.95 bits per heavy atom. The molecule has 4 nitrogen and oxygen atoms in total. The van der Waals surface area contributed by atoms with Crippen LogP contribution < -0.4 is 15.4 Å². The zero-order chi connectivity index (χ0) is 14.9. The summed E-state index contributed by atoms with van der Waals surface area (Å²) in [5, 5.41) is 7.13. The van der Waals surface area contributed by atoms with Gasteiger partial charge in [-0.15, -0.1) is 0 Å². The molecule has 1 aromatic rings. The molecule has 1 aliphatic heterocycles. The van der Waals surface area contributed by atoms with E-state index in [1.165, 1.54) is 32.5 Å². The fourth-order valence-corrected chi connectivity index (χ4v) is 2.71. The molecule has 0 saturated carbocycles. The van der Waals surface area contributed by atoms with Crippen molar-refractivity contribution in [2.45, 2.75) is 26.2 Å². The van der Waals surface area contributed by atoms with Crippen molar-refractivity contribution < 1.29 is 4.74 Å². The van der Waals surface area contributed by atoms with Crippen LogP contribution in [0.15, 0.2) is 24.3 Å². The van der Waals surface area contributed by atoms with Crippen LogP contribution in [0.1, 0.15) is 26.2 Å². The molecule has 0 atom stereocenters. The van der Waals surface area contributed by atoms with Gasteiger partial charge in [-0.1, -0.05) is 0 Å². The molecule has 1 aliphatic rings. The summed E-state index contributed by atoms with van der Waals surface area (Å²) < 4.78 is 5.41. The Bertz CT molecular complexity index is 430. The van der Waals surface area contributed by atoms with Crippen molar-refractivity contribution >= 4 is 23.0 Å². The Balaban J connectivity index is 1.61. The van der Waals surface area contributed by atoms with E-state index in [1.54, 1.807) is 0 Å². The van der Waals surface area contributed by atoms with Gasteiger partial charge in [0, 0.05) is 12.2 Å². The third-order valence-electron chi connectivity index (χ3n) is 3.56. The first-order valence-electron chi connectivity index (χ1n) is 7.78. The normalized spacial score (nSPS) is 14.9. The maximum absolute atomic E-state index is 5.41. The number of nitrogens with one attached hydrogen (secondary N) is 2. The van der Waals surface area contributed by atoms with Gasteiger partial charge in [-0.2, -0.15) is 0 Å². The summed E-state index contributed by atoms with van der Waals surface area (Å²) >= 11 is 5.30. The molecule has 116 valence electrons. The average molecular weight is 307 g/mol. The molecule has 0 spiro atoms. The lowest BCUT2D eigenvalue weighted by Gasteiger charge is -2.15. The Labute approximate surface area is 132 Å². The van der Waals surface area contributed by atoms with E-state index < -0.39 is 0 Å². The first-order chi connectivity index (χ1) is 10.3. The summed E-state index contributed by atoms with van der Waals surface area (Å²) in [5.74, 6) is 0.882. The molecule has 5 heteroatoms. The highest BCUT2D eigenvalue weighted by molar-refractivity contribution is 7.80. The second kappa shape index (κ2) is 8.85. The first-order valence-corrected chi connectivity index (χ1v) is 8.19. The van der Waals surface area contributed by atoms with Gasteiger partial charge in [0.05, 0.1) is 6.61 Å². The Morgan fingerprint density at radius 3 is 2.62 bits per heavy atom. The van der Waals surface area contributed by atoms with Gasteiger partial charge < -0.3 is 20.3 Å². The van der Waals surface area contributed by atoms with Gasteiger partial charge in [0.2, 0.25) is 0 Å². The van der Waals surface area contributed by atoms with Crippen molar-refractivity contribution in [3.8, 4) is 5.75 Å². The first kappa shape index (κ1) is 16.0. The summed E-state index contributed by atoms with van der Waals surface area (Å²) in [6.45, 7) is 7.26. The number of rotatable bonds is 7. The zero-order valence-electron chi connectivity index (χ0n) is 12.7. The van der Waals surface area contributed by atoms with Crippen LogP contribution in [0.4, 0.5) is 5.69 Å². The second-order valence-corrected chi connectivity index (χ2v) is 5.65. The number of nitrogens with zero attached hydrogens (tertiary/aromatic N) is 1. The van der Waals surface area contributed by atoms with Crippen molar-refractivity contribution in [3.05, 3.63) is 24.3 Å². The molecular formula is C16H25N3OS. The van der Waals surface area contributed by atoms with Crippen LogP contribution in [0.2, 0.25) is 0 Å². The summed E-state index contributed by atoms with van der Waals surface area (Å²) in [4.78, 5) is 2.52. The Kier molecular flexibility index (Phi) is 6.76. The molecule has 2 N–H and O–H groups in total. The second-order valence-electron chi connectivity index (χ2n) is 5.24. The molecule has 1 saturated heterocycles. The van der Waals surface area contributed by atoms with E-state index in [9.17, 15) is 0 Å². The van der Waals surface area contributed by atoms with Gasteiger partial charge in [-0.3, -0.25) is 0 Å². The maximum atomic E-state index is 5.41. The minimum absolute atomic E-state index is 0.681. The molecule has 0 radical (unpaired) electrons. The molecule has 21 heavy (non-hydrogen) atoms. The molecule has 1 heterocycles. The zero-order valence-corrected chi connectivity index (χ0v) is 13.5. The number of likely N-dealkylation sites (tertiary alicyclic amines) is 1. The van der Waals surface area contributed by atoms with Gasteiger partial charge in [0.25, 0.3) is 0 Å². The van der Waals surface area contributed by atoms with E-state index in [2.05, 4.69) is 15.5 Å². The van der Waals surface area contributed by atoms with Gasteiger partial charge in [-0.05, 0) is 82.3 Å². The highest BCUT2D eigenvalue weighted by atomic mass is 32.1. The molecule has 0 amide bonds. The fourth-order valence-electron chi connectivity index (χ4n) is 2.49. The van der Waals surface area contributed by atoms with E-state index >= 15 is 0 Å². The molecule has 2 rings (SSSR count). The molecule has 0 unspecified atom stereocenters. The fraction of sp³-hybridized carbons (Fsp3) is 0.562. The van der Waals surface area contributed by atoms with Crippen molar-refractivity contribution in [3.63, 3.8) is 0 Å². The molecule has 0 aliphatic carbocycles. The smallest absolute Gasteiger partial charge is 0.170 e. The van der Waals surface area contributed by atoms with Crippen LogP contribution in [0, 0.1) is 0 Å². The van der Waals surface area contributed by atoms with E-state index in [-0.39, 0.29) is 0 Å². The van der Waals surface area contributed by atoms with Gasteiger partial charge in [0.1, 0.15) is 5.75 Å². The lowest BCUT2D eigenvalue weighted by molar-refractivity contribution is 0.334.